The number of carbonyl (C=O) groups is 6. The van der Waals surface area contributed by atoms with Gasteiger partial charge in [0.25, 0.3) is 0 Å². The Hall–Kier alpha value is -5.30. The Bertz CT molecular complexity index is 3080. The Kier molecular flexibility index (Phi) is 29.9. The van der Waals surface area contributed by atoms with E-state index in [9.17, 15) is 33.9 Å². The second-order valence-electron chi connectivity index (χ2n) is 13.2. The lowest BCUT2D eigenvalue weighted by Crippen LogP contribution is -2.06. The molecular formula is C47H35Br3Cl8O18. The first kappa shape index (κ1) is 68.7. The van der Waals surface area contributed by atoms with E-state index in [1.54, 1.807) is 30.3 Å². The van der Waals surface area contributed by atoms with Gasteiger partial charge in [-0.2, -0.15) is 0 Å². The number of rotatable bonds is 9. The van der Waals surface area contributed by atoms with Crippen LogP contribution in [0.25, 0.3) is 0 Å². The van der Waals surface area contributed by atoms with E-state index in [4.69, 9.17) is 138 Å². The second-order valence-corrected chi connectivity index (χ2v) is 19.0. The van der Waals surface area contributed by atoms with Crippen LogP contribution in [0.3, 0.4) is 0 Å². The third-order valence-corrected chi connectivity index (χ3v) is 13.3. The van der Waals surface area contributed by atoms with E-state index in [-0.39, 0.29) is 91.7 Å². The summed E-state index contributed by atoms with van der Waals surface area (Å²) in [6.45, 7) is 0. The largest absolute Gasteiger partial charge is 0.507 e. The van der Waals surface area contributed by atoms with Crippen molar-refractivity contribution in [3.05, 3.63) is 166 Å². The van der Waals surface area contributed by atoms with Gasteiger partial charge >= 0.3 is 35.8 Å². The molecule has 0 aliphatic rings. The molecule has 76 heavy (non-hydrogen) atoms. The quantitative estimate of drug-likeness (QED) is 0.0523. The van der Waals surface area contributed by atoms with Gasteiger partial charge in [0.05, 0.1) is 75.7 Å². The topological polar surface area (TPSA) is 290 Å². The molecule has 0 aliphatic heterocycles. The molecule has 0 fully saturated rings. The summed E-state index contributed by atoms with van der Waals surface area (Å²) in [6, 6.07) is 18.9. The lowest BCUT2D eigenvalue weighted by atomic mass is 10.2. The Labute approximate surface area is 496 Å². The minimum absolute atomic E-state index is 0.0614. The zero-order valence-corrected chi connectivity index (χ0v) is 49.6. The van der Waals surface area contributed by atoms with Gasteiger partial charge in [-0.25, -0.2) is 28.8 Å². The van der Waals surface area contributed by atoms with Crippen molar-refractivity contribution >= 4 is 176 Å². The van der Waals surface area contributed by atoms with Crippen LogP contribution in [0, 0.1) is 0 Å². The molecule has 0 heterocycles. The van der Waals surface area contributed by atoms with Crippen molar-refractivity contribution in [2.24, 2.45) is 0 Å². The molecule has 0 spiro atoms. The fourth-order valence-corrected chi connectivity index (χ4v) is 8.47. The van der Waals surface area contributed by atoms with Crippen LogP contribution >= 0.6 is 141 Å². The maximum absolute atomic E-state index is 11.5. The van der Waals surface area contributed by atoms with Gasteiger partial charge in [-0.15, -0.1) is 0 Å². The van der Waals surface area contributed by atoms with E-state index in [1.807, 2.05) is 0 Å². The molecule has 0 atom stereocenters. The summed E-state index contributed by atoms with van der Waals surface area (Å²) < 4.78 is 25.4. The smallest absolute Gasteiger partial charge is 0.343 e. The molecule has 0 amide bonds. The second kappa shape index (κ2) is 33.1. The van der Waals surface area contributed by atoms with Crippen LogP contribution in [0.15, 0.2) is 92.3 Å². The number of phenols is 3. The van der Waals surface area contributed by atoms with Gasteiger partial charge < -0.3 is 59.4 Å². The molecule has 0 bridgehead atoms. The molecule has 0 radical (unpaired) electrons. The van der Waals surface area contributed by atoms with E-state index in [1.165, 1.54) is 84.1 Å². The number of hydrogen-bond acceptors (Lipinski definition) is 14. The predicted octanol–water partition coefficient (Wildman–Crippen LogP) is 15.1. The average molecular weight is 1410 g/mol. The first-order valence-electron chi connectivity index (χ1n) is 19.5. The average Bonchev–Trinajstić information content (AvgIpc) is 3.36. The molecule has 0 saturated carbocycles. The summed E-state index contributed by atoms with van der Waals surface area (Å²) in [5.41, 5.74) is -0.426. The highest BCUT2D eigenvalue weighted by molar-refractivity contribution is 9.11. The molecule has 0 saturated heterocycles. The van der Waals surface area contributed by atoms with Gasteiger partial charge in [0.1, 0.15) is 50.6 Å². The van der Waals surface area contributed by atoms with E-state index >= 15 is 0 Å². The molecular weight excluding hydrogens is 1380 g/mol. The van der Waals surface area contributed by atoms with Crippen molar-refractivity contribution in [2.45, 2.75) is 0 Å². The Balaban J connectivity index is 0.000000458. The zero-order valence-electron chi connectivity index (χ0n) is 38.8. The van der Waals surface area contributed by atoms with Crippen LogP contribution in [0.5, 0.6) is 34.5 Å². The number of esters is 2. The molecule has 6 aromatic carbocycles. The highest BCUT2D eigenvalue weighted by Gasteiger charge is 2.24. The van der Waals surface area contributed by atoms with Crippen molar-refractivity contribution in [2.75, 3.05) is 35.5 Å². The van der Waals surface area contributed by atoms with Crippen LogP contribution in [0.2, 0.25) is 40.2 Å². The monoisotopic (exact) mass is 1400 g/mol. The number of aromatic hydroxyl groups is 3. The lowest BCUT2D eigenvalue weighted by Gasteiger charge is -2.11. The molecule has 0 aromatic heterocycles. The summed E-state index contributed by atoms with van der Waals surface area (Å²) in [5.74, 6) is -6.34. The molecule has 0 unspecified atom stereocenters. The number of para-hydroxylation sites is 1. The van der Waals surface area contributed by atoms with Crippen molar-refractivity contribution < 1.29 is 88.2 Å². The normalized spacial score (nSPS) is 9.74. The van der Waals surface area contributed by atoms with Gasteiger partial charge in [0, 0.05) is 13.4 Å². The standard InChI is InChI=1S/C9H7BrCl2O3.C9H8Cl2O3.C8H6Cl2O3.C7H3BrCl2O3.C7H5BrO3.C7H6O3/c1-14-8-5(11)3-4(10)7(12)6(8)9(13)15-2;1-13-8-6(11)4-3-5(10)7(8)9(12)14-2;1-13-7-5(10)3-2-4(9)6(7)8(11)12;8-2-1-3(9)6(11)4(5(2)10)7(12)13;8-4-1-2-6(9)5(3-4)7(10)11;8-6-4-2-1-3-5(6)7(9)10/h3H,1-2H3;3-4H,1-2H3;2-3H,1H3,(H,11,12);1,11H,(H,12,13);1-3,9H,(H,10,11);1-4,8H,(H,9,10). The van der Waals surface area contributed by atoms with Crippen molar-refractivity contribution in [1.29, 1.82) is 0 Å². The lowest BCUT2D eigenvalue weighted by molar-refractivity contribution is 0.0588. The number of methoxy groups -OCH3 is 5. The number of benzene rings is 6. The molecule has 408 valence electrons. The fraction of sp³-hybridized carbons (Fsp3) is 0.106. The van der Waals surface area contributed by atoms with Gasteiger partial charge in [0.2, 0.25) is 0 Å². The van der Waals surface area contributed by atoms with E-state index < -0.39 is 47.1 Å². The summed E-state index contributed by atoms with van der Waals surface area (Å²) in [7, 11) is 6.66. The number of aromatic carboxylic acids is 4. The number of halogens is 11. The van der Waals surface area contributed by atoms with Crippen molar-refractivity contribution in [3.8, 4) is 34.5 Å². The van der Waals surface area contributed by atoms with Crippen LogP contribution < -0.4 is 14.2 Å². The zero-order chi connectivity index (χ0) is 58.5. The Morgan fingerprint density at radius 3 is 1.18 bits per heavy atom. The van der Waals surface area contributed by atoms with Crippen LogP contribution in [0.1, 0.15) is 62.1 Å². The van der Waals surface area contributed by atoms with Gasteiger partial charge in [-0.3, -0.25) is 0 Å². The summed E-state index contributed by atoms with van der Waals surface area (Å²) >= 11 is 55.2. The number of carbonyl (C=O) groups excluding carboxylic acids is 2. The number of carboxylic acid groups (broad SMARTS) is 4. The molecule has 7 N–H and O–H groups in total. The van der Waals surface area contributed by atoms with E-state index in [0.29, 0.717) is 18.4 Å². The van der Waals surface area contributed by atoms with E-state index in [2.05, 4.69) is 57.3 Å². The summed E-state index contributed by atoms with van der Waals surface area (Å²) in [6.07, 6.45) is 0. The number of ether oxygens (including phenoxy) is 5. The Morgan fingerprint density at radius 1 is 0.408 bits per heavy atom. The first-order valence-corrected chi connectivity index (χ1v) is 24.9. The third-order valence-electron chi connectivity index (χ3n) is 8.53. The molecule has 6 aromatic rings. The van der Waals surface area contributed by atoms with Crippen molar-refractivity contribution in [3.63, 3.8) is 0 Å². The van der Waals surface area contributed by atoms with Crippen molar-refractivity contribution in [1.82, 2.24) is 0 Å². The number of hydrogen-bond donors (Lipinski definition) is 7. The number of carboxylic acids is 4. The predicted molar refractivity (Wildman–Crippen MR) is 297 cm³/mol. The van der Waals surface area contributed by atoms with Gasteiger partial charge in [0.15, 0.2) is 17.2 Å². The SMILES string of the molecule is COC(=O)c1c(Cl)c(Br)cc(Cl)c1OC.COC(=O)c1c(Cl)ccc(Cl)c1OC.COc1c(Cl)ccc(Cl)c1C(=O)O.O=C(O)c1c(O)c(Cl)cc(Br)c1Cl.O=C(O)c1cc(Br)ccc1O.O=C(O)c1ccccc1O. The molecule has 29 heteroatoms. The maximum atomic E-state index is 11.5. The van der Waals surface area contributed by atoms with Crippen LogP contribution in [0.4, 0.5) is 0 Å². The summed E-state index contributed by atoms with van der Waals surface area (Å²) in [4.78, 5) is 64.8. The summed E-state index contributed by atoms with van der Waals surface area (Å²) in [5, 5.41) is 62.8. The highest BCUT2D eigenvalue weighted by Crippen LogP contribution is 2.41. The minimum atomic E-state index is -1.33. The molecule has 18 nitrogen and oxygen atoms in total. The highest BCUT2D eigenvalue weighted by atomic mass is 79.9. The fourth-order valence-electron chi connectivity index (χ4n) is 5.13. The van der Waals surface area contributed by atoms with Gasteiger partial charge in [-0.1, -0.05) is 121 Å². The maximum Gasteiger partial charge on any atom is 0.343 e. The van der Waals surface area contributed by atoms with E-state index in [0.717, 1.165) is 0 Å². The third kappa shape index (κ3) is 19.6. The van der Waals surface area contributed by atoms with Crippen LogP contribution in [-0.4, -0.2) is 107 Å². The van der Waals surface area contributed by atoms with Crippen LogP contribution in [-0.2, 0) is 9.47 Å². The van der Waals surface area contributed by atoms with Gasteiger partial charge in [-0.05, 0) is 98.6 Å². The molecule has 0 aliphatic carbocycles. The molecule has 6 rings (SSSR count). The minimum Gasteiger partial charge on any atom is -0.507 e. The Morgan fingerprint density at radius 2 is 0.789 bits per heavy atom. The first-order chi connectivity index (χ1) is 35.5.